The Kier molecular flexibility index (Phi) is 4.99. The Morgan fingerprint density at radius 3 is 2.93 bits per heavy atom. The van der Waals surface area contributed by atoms with Crippen molar-refractivity contribution in [2.45, 2.75) is 25.4 Å². The van der Waals surface area contributed by atoms with Crippen LogP contribution < -0.4 is 22.1 Å². The molecule has 0 aliphatic carbocycles. The van der Waals surface area contributed by atoms with E-state index in [9.17, 15) is 4.79 Å². The quantitative estimate of drug-likeness (QED) is 0.479. The zero-order valence-electron chi connectivity index (χ0n) is 16.2. The Morgan fingerprint density at radius 1 is 1.34 bits per heavy atom. The summed E-state index contributed by atoms with van der Waals surface area (Å²) in [6, 6.07) is 3.58. The molecule has 0 saturated carbocycles. The molecule has 2 aromatic heterocycles. The van der Waals surface area contributed by atoms with Crippen molar-refractivity contribution in [1.82, 2.24) is 25.0 Å². The fourth-order valence-electron chi connectivity index (χ4n) is 3.37. The average molecular weight is 397 g/mol. The predicted octanol–water partition coefficient (Wildman–Crippen LogP) is 0.437. The first kappa shape index (κ1) is 19.0. The van der Waals surface area contributed by atoms with Crippen LogP contribution in [0.1, 0.15) is 22.5 Å². The van der Waals surface area contributed by atoms with Gasteiger partial charge in [-0.1, -0.05) is 0 Å². The number of anilines is 3. The predicted molar refractivity (Wildman–Crippen MR) is 108 cm³/mol. The molecule has 6 N–H and O–H groups in total. The highest BCUT2D eigenvalue weighted by Crippen LogP contribution is 2.25. The van der Waals surface area contributed by atoms with Crippen LogP contribution in [0, 0.1) is 6.92 Å². The molecule has 1 saturated heterocycles. The van der Waals surface area contributed by atoms with Crippen LogP contribution >= 0.6 is 0 Å². The first-order valence-electron chi connectivity index (χ1n) is 9.26. The lowest BCUT2D eigenvalue weighted by Crippen LogP contribution is -2.48. The number of rotatable bonds is 5. The summed E-state index contributed by atoms with van der Waals surface area (Å²) in [5.41, 5.74) is 14.1. The summed E-state index contributed by atoms with van der Waals surface area (Å²) in [7, 11) is 1.87. The summed E-state index contributed by atoms with van der Waals surface area (Å²) in [5, 5.41) is 19.7. The summed E-state index contributed by atoms with van der Waals surface area (Å²) < 4.78 is 7.10. The summed E-state index contributed by atoms with van der Waals surface area (Å²) >= 11 is 0. The monoisotopic (exact) mass is 397 g/mol. The number of fused-ring (bicyclic) bond motifs is 1. The Morgan fingerprint density at radius 2 is 2.17 bits per heavy atom. The maximum atomic E-state index is 11.8. The smallest absolute Gasteiger partial charge is 0.273 e. The van der Waals surface area contributed by atoms with E-state index in [0.29, 0.717) is 18.9 Å². The van der Waals surface area contributed by atoms with E-state index in [4.69, 9.17) is 16.2 Å². The van der Waals surface area contributed by atoms with Gasteiger partial charge < -0.3 is 26.8 Å². The molecule has 11 nitrogen and oxygen atoms in total. The summed E-state index contributed by atoms with van der Waals surface area (Å²) in [5.74, 6) is -0.252. The zero-order valence-corrected chi connectivity index (χ0v) is 16.2. The fraction of sp³-hybridized carbons (Fsp3) is 0.389. The van der Waals surface area contributed by atoms with Crippen molar-refractivity contribution in [2.75, 3.05) is 23.8 Å². The van der Waals surface area contributed by atoms with Gasteiger partial charge in [-0.15, -0.1) is 10.2 Å². The molecule has 4 rings (SSSR count). The molecule has 1 fully saturated rings. The Labute approximate surface area is 166 Å². The number of carbonyl (C=O) groups is 1. The molecule has 0 bridgehead atoms. The number of primary amides is 1. The minimum atomic E-state index is -0.725. The number of nitrogens with two attached hydrogens (primary N) is 2. The van der Waals surface area contributed by atoms with Crippen LogP contribution in [0.3, 0.4) is 0 Å². The third kappa shape index (κ3) is 3.96. The van der Waals surface area contributed by atoms with E-state index < -0.39 is 5.91 Å². The van der Waals surface area contributed by atoms with Crippen molar-refractivity contribution < 1.29 is 9.53 Å². The molecule has 3 aromatic rings. The van der Waals surface area contributed by atoms with Gasteiger partial charge in [0.1, 0.15) is 0 Å². The molecule has 0 unspecified atom stereocenters. The van der Waals surface area contributed by atoms with E-state index in [-0.39, 0.29) is 29.5 Å². The molecule has 1 aliphatic heterocycles. The van der Waals surface area contributed by atoms with E-state index in [1.165, 1.54) is 0 Å². The van der Waals surface area contributed by atoms with E-state index in [1.807, 2.05) is 32.3 Å². The summed E-state index contributed by atoms with van der Waals surface area (Å²) in [6.45, 7) is 3.05. The number of carbonyl (C=O) groups excluding carboxylic acids is 1. The molecule has 1 amide bonds. The van der Waals surface area contributed by atoms with Gasteiger partial charge in [0.25, 0.3) is 5.91 Å². The number of hydrogen-bond acceptors (Lipinski definition) is 9. The zero-order chi connectivity index (χ0) is 20.5. The molecule has 1 aromatic carbocycles. The summed E-state index contributed by atoms with van der Waals surface area (Å²) in [6.07, 6.45) is 2.68. The van der Waals surface area contributed by atoms with Crippen molar-refractivity contribution in [3.05, 3.63) is 29.6 Å². The van der Waals surface area contributed by atoms with Crippen LogP contribution in [0.4, 0.5) is 17.5 Å². The lowest BCUT2D eigenvalue weighted by molar-refractivity contribution is 0.0751. The number of amides is 1. The number of benzene rings is 1. The van der Waals surface area contributed by atoms with E-state index in [0.717, 1.165) is 22.9 Å². The molecule has 29 heavy (non-hydrogen) atoms. The molecular weight excluding hydrogens is 374 g/mol. The van der Waals surface area contributed by atoms with Crippen LogP contribution in [0.2, 0.25) is 0 Å². The second-order valence-electron chi connectivity index (χ2n) is 7.13. The van der Waals surface area contributed by atoms with Gasteiger partial charge in [-0.25, -0.2) is 0 Å². The topological polar surface area (TPSA) is 159 Å². The standard InChI is InChI=1S/C18H23N9O2/c1-9-5-10(6-14-11(9)7-27(2)26-14)21-17-15(16(20)28)24-25-18(23-17)22-13-3-4-29-8-12(13)19/h5-7,12-13H,3-4,8,19H2,1-2H3,(H2,20,28)(H2,21,22,23,25)/t12-,13+/m0/s1. The first-order valence-corrected chi connectivity index (χ1v) is 9.26. The Balaban J connectivity index is 1.65. The highest BCUT2D eigenvalue weighted by molar-refractivity contribution is 5.96. The van der Waals surface area contributed by atoms with Crippen molar-refractivity contribution in [2.24, 2.45) is 18.5 Å². The van der Waals surface area contributed by atoms with E-state index in [1.54, 1.807) is 4.68 Å². The van der Waals surface area contributed by atoms with Gasteiger partial charge in [-0.3, -0.25) is 9.48 Å². The van der Waals surface area contributed by atoms with Crippen LogP contribution in [-0.2, 0) is 11.8 Å². The van der Waals surface area contributed by atoms with Crippen molar-refractivity contribution in [1.29, 1.82) is 0 Å². The van der Waals surface area contributed by atoms with Gasteiger partial charge >= 0.3 is 0 Å². The number of nitrogens with zero attached hydrogens (tertiary/aromatic N) is 5. The second kappa shape index (κ2) is 7.60. The third-order valence-electron chi connectivity index (χ3n) is 4.84. The number of aromatic nitrogens is 5. The Hall–Kier alpha value is -3.31. The van der Waals surface area contributed by atoms with Gasteiger partial charge in [0.2, 0.25) is 5.95 Å². The highest BCUT2D eigenvalue weighted by atomic mass is 16.5. The minimum Gasteiger partial charge on any atom is -0.380 e. The third-order valence-corrected chi connectivity index (χ3v) is 4.84. The minimum absolute atomic E-state index is 0.0504. The maximum absolute atomic E-state index is 11.8. The number of nitrogens with one attached hydrogen (secondary N) is 2. The van der Waals surface area contributed by atoms with E-state index >= 15 is 0 Å². The van der Waals surface area contributed by atoms with Gasteiger partial charge in [-0.05, 0) is 31.0 Å². The Bertz CT molecular complexity index is 1060. The SMILES string of the molecule is Cc1cc(Nc2nc(N[C@@H]3CCOC[C@@H]3N)nnc2C(N)=O)cc2nn(C)cc12. The van der Waals surface area contributed by atoms with Crippen molar-refractivity contribution in [3.63, 3.8) is 0 Å². The first-order chi connectivity index (χ1) is 13.9. The van der Waals surface area contributed by atoms with Crippen LogP contribution in [0.5, 0.6) is 0 Å². The van der Waals surface area contributed by atoms with Gasteiger partial charge in [0.15, 0.2) is 11.5 Å². The van der Waals surface area contributed by atoms with Gasteiger partial charge in [0.05, 0.1) is 12.1 Å². The van der Waals surface area contributed by atoms with Gasteiger partial charge in [-0.2, -0.15) is 10.1 Å². The number of ether oxygens (including phenoxy) is 1. The molecule has 2 atom stereocenters. The fourth-order valence-corrected chi connectivity index (χ4v) is 3.37. The van der Waals surface area contributed by atoms with Gasteiger partial charge in [0, 0.05) is 43.0 Å². The van der Waals surface area contributed by atoms with E-state index in [2.05, 4.69) is 30.9 Å². The molecule has 0 spiro atoms. The lowest BCUT2D eigenvalue weighted by Gasteiger charge is -2.29. The molecule has 1 aliphatic rings. The molecule has 3 heterocycles. The number of aryl methyl sites for hydroxylation is 2. The maximum Gasteiger partial charge on any atom is 0.273 e. The van der Waals surface area contributed by atoms with Crippen molar-refractivity contribution in [3.8, 4) is 0 Å². The van der Waals surface area contributed by atoms with Crippen LogP contribution in [-0.4, -0.2) is 56.2 Å². The average Bonchev–Trinajstić information content (AvgIpc) is 3.04. The largest absolute Gasteiger partial charge is 0.380 e. The van der Waals surface area contributed by atoms with Crippen LogP contribution in [0.15, 0.2) is 18.3 Å². The summed E-state index contributed by atoms with van der Waals surface area (Å²) in [4.78, 5) is 16.2. The lowest BCUT2D eigenvalue weighted by atomic mass is 10.1. The molecule has 0 radical (unpaired) electrons. The highest BCUT2D eigenvalue weighted by Gasteiger charge is 2.24. The molecular formula is C18H23N9O2. The van der Waals surface area contributed by atoms with Crippen LogP contribution in [0.25, 0.3) is 10.9 Å². The normalized spacial score (nSPS) is 19.3. The second-order valence-corrected chi connectivity index (χ2v) is 7.13. The number of hydrogen-bond donors (Lipinski definition) is 4. The molecule has 11 heteroatoms. The van der Waals surface area contributed by atoms with Crippen molar-refractivity contribution >= 4 is 34.3 Å². The molecule has 152 valence electrons.